The van der Waals surface area contributed by atoms with E-state index in [0.29, 0.717) is 5.69 Å². The third-order valence-corrected chi connectivity index (χ3v) is 6.43. The van der Waals surface area contributed by atoms with Gasteiger partial charge in [0.25, 0.3) is 5.56 Å². The largest absolute Gasteiger partial charge is 0.330 e. The van der Waals surface area contributed by atoms with Crippen LogP contribution in [0, 0.1) is 5.82 Å². The molecule has 5 rings (SSSR count). The van der Waals surface area contributed by atoms with Gasteiger partial charge in [-0.2, -0.15) is 8.78 Å². The van der Waals surface area contributed by atoms with Gasteiger partial charge in [0.05, 0.1) is 16.6 Å². The molecule has 164 valence electrons. The van der Waals surface area contributed by atoms with Gasteiger partial charge in [0.2, 0.25) is 0 Å². The Labute approximate surface area is 198 Å². The predicted octanol–water partition coefficient (Wildman–Crippen LogP) is 6.55. The van der Waals surface area contributed by atoms with Crippen LogP contribution in [0.4, 0.5) is 13.2 Å². The molecule has 0 saturated heterocycles. The highest BCUT2D eigenvalue weighted by Gasteiger charge is 2.40. The van der Waals surface area contributed by atoms with Gasteiger partial charge in [0, 0.05) is 27.0 Å². The molecule has 33 heavy (non-hydrogen) atoms. The SMILES string of the molecule is O=c1c2ccc(F)cc2nc(C(F)(F)c2ccccc2)n1-c1nc(-c2ccc(Br)cc2)cs1. The van der Waals surface area contributed by atoms with Gasteiger partial charge < -0.3 is 0 Å². The van der Waals surface area contributed by atoms with E-state index in [-0.39, 0.29) is 21.6 Å². The molecule has 0 N–H and O–H groups in total. The van der Waals surface area contributed by atoms with Gasteiger partial charge in [-0.15, -0.1) is 11.3 Å². The highest BCUT2D eigenvalue weighted by atomic mass is 79.9. The lowest BCUT2D eigenvalue weighted by molar-refractivity contribution is 0.0303. The zero-order chi connectivity index (χ0) is 23.2. The first-order valence-corrected chi connectivity index (χ1v) is 11.4. The number of alkyl halides is 2. The van der Waals surface area contributed by atoms with E-state index in [1.807, 2.05) is 24.3 Å². The molecule has 0 aliphatic carbocycles. The minimum absolute atomic E-state index is 0.0180. The first-order valence-electron chi connectivity index (χ1n) is 9.72. The van der Waals surface area contributed by atoms with E-state index in [0.717, 1.165) is 38.1 Å². The third kappa shape index (κ3) is 3.87. The lowest BCUT2D eigenvalue weighted by Crippen LogP contribution is -2.31. The third-order valence-electron chi connectivity index (χ3n) is 5.07. The van der Waals surface area contributed by atoms with Crippen LogP contribution in [0.15, 0.2) is 87.4 Å². The molecule has 0 bridgehead atoms. The molecule has 4 nitrogen and oxygen atoms in total. The van der Waals surface area contributed by atoms with E-state index in [1.165, 1.54) is 30.3 Å². The summed E-state index contributed by atoms with van der Waals surface area (Å²) in [7, 11) is 0. The van der Waals surface area contributed by atoms with Crippen LogP contribution in [0.1, 0.15) is 11.4 Å². The number of hydrogen-bond donors (Lipinski definition) is 0. The van der Waals surface area contributed by atoms with Crippen molar-refractivity contribution in [3.05, 3.63) is 110 Å². The van der Waals surface area contributed by atoms with Crippen molar-refractivity contribution >= 4 is 38.2 Å². The van der Waals surface area contributed by atoms with Crippen molar-refractivity contribution in [3.8, 4) is 16.4 Å². The van der Waals surface area contributed by atoms with Crippen molar-refractivity contribution in [3.63, 3.8) is 0 Å². The van der Waals surface area contributed by atoms with Gasteiger partial charge >= 0.3 is 5.92 Å². The van der Waals surface area contributed by atoms with Gasteiger partial charge in [-0.05, 0) is 24.3 Å². The number of fused-ring (bicyclic) bond motifs is 1. The van der Waals surface area contributed by atoms with Crippen molar-refractivity contribution in [2.24, 2.45) is 0 Å². The van der Waals surface area contributed by atoms with Crippen LogP contribution in [-0.4, -0.2) is 14.5 Å². The van der Waals surface area contributed by atoms with Crippen molar-refractivity contribution in [2.75, 3.05) is 0 Å². The van der Waals surface area contributed by atoms with E-state index in [4.69, 9.17) is 0 Å². The number of aromatic nitrogens is 3. The van der Waals surface area contributed by atoms with E-state index < -0.39 is 23.1 Å². The average Bonchev–Trinajstić information content (AvgIpc) is 3.29. The zero-order valence-corrected chi connectivity index (χ0v) is 19.1. The second-order valence-corrected chi connectivity index (χ2v) is 8.95. The molecule has 5 aromatic rings. The molecule has 0 saturated carbocycles. The summed E-state index contributed by atoms with van der Waals surface area (Å²) in [5.41, 5.74) is 0.0588. The van der Waals surface area contributed by atoms with Gasteiger partial charge in [0.15, 0.2) is 11.0 Å². The Hall–Kier alpha value is -3.30. The highest BCUT2D eigenvalue weighted by Crippen LogP contribution is 2.36. The Kier molecular flexibility index (Phi) is 5.38. The minimum atomic E-state index is -3.63. The van der Waals surface area contributed by atoms with E-state index in [9.17, 15) is 9.18 Å². The van der Waals surface area contributed by atoms with Gasteiger partial charge in [-0.1, -0.05) is 58.4 Å². The average molecular weight is 528 g/mol. The van der Waals surface area contributed by atoms with E-state index in [2.05, 4.69) is 25.9 Å². The monoisotopic (exact) mass is 527 g/mol. The van der Waals surface area contributed by atoms with Gasteiger partial charge in [-0.3, -0.25) is 4.79 Å². The molecule has 0 radical (unpaired) electrons. The Morgan fingerprint density at radius 1 is 0.939 bits per heavy atom. The molecular formula is C24H13BrF3N3OS. The molecule has 3 aromatic carbocycles. The van der Waals surface area contributed by atoms with Gasteiger partial charge in [0.1, 0.15) is 5.82 Å². The Bertz CT molecular complexity index is 1530. The number of hydrogen-bond acceptors (Lipinski definition) is 4. The van der Waals surface area contributed by atoms with Crippen molar-refractivity contribution in [1.82, 2.24) is 14.5 Å². The lowest BCUT2D eigenvalue weighted by Gasteiger charge is -2.20. The van der Waals surface area contributed by atoms with Gasteiger partial charge in [-0.25, -0.2) is 18.9 Å². The summed E-state index contributed by atoms with van der Waals surface area (Å²) in [5, 5.41) is 1.75. The normalized spacial score (nSPS) is 11.8. The van der Waals surface area contributed by atoms with Crippen LogP contribution >= 0.6 is 27.3 Å². The van der Waals surface area contributed by atoms with Crippen LogP contribution in [0.3, 0.4) is 0 Å². The molecule has 9 heteroatoms. The molecule has 0 amide bonds. The first-order chi connectivity index (χ1) is 15.8. The van der Waals surface area contributed by atoms with Crippen LogP contribution in [0.2, 0.25) is 0 Å². The molecule has 0 unspecified atom stereocenters. The topological polar surface area (TPSA) is 47.8 Å². The van der Waals surface area contributed by atoms with Crippen molar-refractivity contribution in [1.29, 1.82) is 0 Å². The molecule has 2 aromatic heterocycles. The second-order valence-electron chi connectivity index (χ2n) is 7.20. The lowest BCUT2D eigenvalue weighted by atomic mass is 10.1. The van der Waals surface area contributed by atoms with E-state index >= 15 is 8.78 Å². The molecule has 0 spiro atoms. The Morgan fingerprint density at radius 3 is 2.39 bits per heavy atom. The summed E-state index contributed by atoms with van der Waals surface area (Å²) in [6, 6.07) is 17.7. The van der Waals surface area contributed by atoms with E-state index in [1.54, 1.807) is 11.4 Å². The van der Waals surface area contributed by atoms with Crippen LogP contribution in [0.25, 0.3) is 27.3 Å². The number of rotatable bonds is 4. The number of nitrogens with zero attached hydrogens (tertiary/aromatic N) is 3. The van der Waals surface area contributed by atoms with Crippen LogP contribution < -0.4 is 5.56 Å². The predicted molar refractivity (Wildman–Crippen MR) is 126 cm³/mol. The second kappa shape index (κ2) is 8.24. The molecule has 0 aliphatic rings. The molecule has 0 atom stereocenters. The number of halogens is 4. The molecular weight excluding hydrogens is 515 g/mol. The Balaban J connectivity index is 1.77. The maximum Gasteiger partial charge on any atom is 0.330 e. The fourth-order valence-corrected chi connectivity index (χ4v) is 4.54. The minimum Gasteiger partial charge on any atom is -0.268 e. The van der Waals surface area contributed by atoms with Crippen LogP contribution in [0.5, 0.6) is 0 Å². The van der Waals surface area contributed by atoms with Crippen molar-refractivity contribution < 1.29 is 13.2 Å². The summed E-state index contributed by atoms with van der Waals surface area (Å²) in [6.07, 6.45) is 0. The standard InChI is InChI=1S/C24H13BrF3N3OS/c25-16-8-6-14(7-9-16)20-13-33-23(30-20)31-21(32)18-11-10-17(26)12-19(18)29-22(31)24(27,28)15-4-2-1-3-5-15/h1-13H. The number of thiazole rings is 1. The Morgan fingerprint density at radius 2 is 1.67 bits per heavy atom. The first kappa shape index (κ1) is 21.5. The zero-order valence-electron chi connectivity index (χ0n) is 16.7. The smallest absolute Gasteiger partial charge is 0.268 e. The highest BCUT2D eigenvalue weighted by molar-refractivity contribution is 9.10. The summed E-state index contributed by atoms with van der Waals surface area (Å²) in [6.45, 7) is 0. The van der Waals surface area contributed by atoms with Crippen LogP contribution in [-0.2, 0) is 5.92 Å². The maximum atomic E-state index is 15.7. The fraction of sp³-hybridized carbons (Fsp3) is 0.0417. The fourth-order valence-electron chi connectivity index (χ4n) is 3.44. The molecule has 2 heterocycles. The maximum absolute atomic E-state index is 15.7. The molecule has 0 aliphatic heterocycles. The summed E-state index contributed by atoms with van der Waals surface area (Å²) in [4.78, 5) is 21.9. The van der Waals surface area contributed by atoms with Crippen molar-refractivity contribution in [2.45, 2.75) is 5.92 Å². The number of benzene rings is 3. The molecule has 0 fully saturated rings. The quantitative estimate of drug-likeness (QED) is 0.266. The summed E-state index contributed by atoms with van der Waals surface area (Å²) in [5.74, 6) is -5.13. The summed E-state index contributed by atoms with van der Waals surface area (Å²) < 4.78 is 46.9. The summed E-state index contributed by atoms with van der Waals surface area (Å²) >= 11 is 4.42.